The Labute approximate surface area is 161 Å². The molecule has 1 atom stereocenters. The van der Waals surface area contributed by atoms with E-state index in [4.69, 9.17) is 4.74 Å². The highest BCUT2D eigenvalue weighted by Crippen LogP contribution is 2.29. The fraction of sp³-hybridized carbons (Fsp3) is 0.227. The van der Waals surface area contributed by atoms with Gasteiger partial charge >= 0.3 is 5.97 Å². The monoisotopic (exact) mass is 376 g/mol. The number of aromatic amines is 1. The average Bonchev–Trinajstić information content (AvgIpc) is 2.71. The Kier molecular flexibility index (Phi) is 4.93. The fourth-order valence-corrected chi connectivity index (χ4v) is 3.72. The Morgan fingerprint density at radius 3 is 2.79 bits per heavy atom. The Morgan fingerprint density at radius 2 is 1.89 bits per heavy atom. The maximum atomic E-state index is 12.5. The summed E-state index contributed by atoms with van der Waals surface area (Å²) in [5.41, 5.74) is 2.66. The van der Waals surface area contributed by atoms with Crippen LogP contribution in [0.3, 0.4) is 0 Å². The molecule has 0 radical (unpaired) electrons. The molecule has 0 fully saturated rings. The van der Waals surface area contributed by atoms with Gasteiger partial charge in [-0.2, -0.15) is 0 Å². The number of hydrogen-bond donors (Lipinski definition) is 2. The van der Waals surface area contributed by atoms with Gasteiger partial charge in [-0.3, -0.25) is 9.59 Å². The first-order valence-corrected chi connectivity index (χ1v) is 9.28. The van der Waals surface area contributed by atoms with Crippen molar-refractivity contribution in [1.29, 1.82) is 0 Å². The molecule has 6 heteroatoms. The quantitative estimate of drug-likeness (QED) is 0.686. The van der Waals surface area contributed by atoms with Crippen LogP contribution in [0.25, 0.3) is 10.9 Å². The Hall–Kier alpha value is -3.41. The molecule has 1 amide bonds. The van der Waals surface area contributed by atoms with Gasteiger partial charge in [0.15, 0.2) is 6.61 Å². The summed E-state index contributed by atoms with van der Waals surface area (Å²) >= 11 is 0. The summed E-state index contributed by atoms with van der Waals surface area (Å²) in [6, 6.07) is 16.1. The number of hydrogen-bond acceptors (Lipinski definition) is 4. The van der Waals surface area contributed by atoms with Crippen LogP contribution in [0.5, 0.6) is 0 Å². The molecule has 1 aliphatic rings. The van der Waals surface area contributed by atoms with Gasteiger partial charge in [0.2, 0.25) is 5.56 Å². The number of nitrogens with one attached hydrogen (secondary N) is 2. The third kappa shape index (κ3) is 3.67. The van der Waals surface area contributed by atoms with Crippen LogP contribution in [-0.2, 0) is 16.0 Å². The van der Waals surface area contributed by atoms with Gasteiger partial charge in [0, 0.05) is 17.0 Å². The van der Waals surface area contributed by atoms with Crippen molar-refractivity contribution in [2.45, 2.75) is 25.3 Å². The molecule has 1 heterocycles. The molecule has 1 unspecified atom stereocenters. The number of fused-ring (bicyclic) bond motifs is 2. The van der Waals surface area contributed by atoms with Gasteiger partial charge in [0.1, 0.15) is 0 Å². The van der Waals surface area contributed by atoms with E-state index in [9.17, 15) is 14.4 Å². The molecule has 28 heavy (non-hydrogen) atoms. The van der Waals surface area contributed by atoms with E-state index in [1.165, 1.54) is 11.6 Å². The van der Waals surface area contributed by atoms with Crippen LogP contribution in [0, 0.1) is 0 Å². The topological polar surface area (TPSA) is 88.3 Å². The number of amides is 1. The highest BCUT2D eigenvalue weighted by Gasteiger charge is 2.22. The van der Waals surface area contributed by atoms with Crippen molar-refractivity contribution in [2.24, 2.45) is 0 Å². The smallest absolute Gasteiger partial charge is 0.339 e. The van der Waals surface area contributed by atoms with Crippen LogP contribution in [0.2, 0.25) is 0 Å². The first-order valence-electron chi connectivity index (χ1n) is 9.28. The standard InChI is InChI=1S/C22H20N2O4/c25-20-12-17(16-9-3-4-10-19(16)23-20)22(27)28-13-21(26)24-18-11-5-7-14-6-1-2-8-15(14)18/h1-4,6,8-10,12,18H,5,7,11,13H2,(H,23,25)(H,24,26). The van der Waals surface area contributed by atoms with E-state index < -0.39 is 18.1 Å². The van der Waals surface area contributed by atoms with Crippen LogP contribution in [0.4, 0.5) is 0 Å². The van der Waals surface area contributed by atoms with Crippen molar-refractivity contribution >= 4 is 22.8 Å². The van der Waals surface area contributed by atoms with E-state index in [0.717, 1.165) is 24.8 Å². The second-order valence-electron chi connectivity index (χ2n) is 6.88. The SMILES string of the molecule is O=C(COC(=O)c1cc(=O)[nH]c2ccccc12)NC1CCCc2ccccc21. The first kappa shape index (κ1) is 18.0. The van der Waals surface area contributed by atoms with Gasteiger partial charge in [-0.25, -0.2) is 4.79 Å². The number of carbonyl (C=O) groups excluding carboxylic acids is 2. The van der Waals surface area contributed by atoms with Crippen LogP contribution in [0.1, 0.15) is 40.4 Å². The molecule has 4 rings (SSSR count). The molecule has 0 bridgehead atoms. The van der Waals surface area contributed by atoms with Crippen LogP contribution in [0.15, 0.2) is 59.4 Å². The minimum atomic E-state index is -0.693. The summed E-state index contributed by atoms with van der Waals surface area (Å²) < 4.78 is 5.18. The number of aryl methyl sites for hydroxylation is 1. The molecule has 1 aliphatic carbocycles. The van der Waals surface area contributed by atoms with Crippen molar-refractivity contribution in [1.82, 2.24) is 10.3 Å². The van der Waals surface area contributed by atoms with Crippen molar-refractivity contribution in [2.75, 3.05) is 6.61 Å². The van der Waals surface area contributed by atoms with Crippen molar-refractivity contribution < 1.29 is 14.3 Å². The zero-order valence-corrected chi connectivity index (χ0v) is 15.2. The van der Waals surface area contributed by atoms with E-state index in [1.807, 2.05) is 18.2 Å². The molecular formula is C22H20N2O4. The maximum absolute atomic E-state index is 12.5. The summed E-state index contributed by atoms with van der Waals surface area (Å²) in [6.45, 7) is -0.390. The zero-order valence-electron chi connectivity index (χ0n) is 15.2. The normalized spacial score (nSPS) is 15.6. The summed E-state index contributed by atoms with van der Waals surface area (Å²) in [5.74, 6) is -1.05. The largest absolute Gasteiger partial charge is 0.452 e. The predicted molar refractivity (Wildman–Crippen MR) is 105 cm³/mol. The Balaban J connectivity index is 1.44. The van der Waals surface area contributed by atoms with Crippen molar-refractivity contribution in [3.8, 4) is 0 Å². The van der Waals surface area contributed by atoms with Gasteiger partial charge in [-0.15, -0.1) is 0 Å². The third-order valence-corrected chi connectivity index (χ3v) is 5.01. The molecule has 2 N–H and O–H groups in total. The number of aromatic nitrogens is 1. The molecule has 6 nitrogen and oxygen atoms in total. The number of pyridine rings is 1. The van der Waals surface area contributed by atoms with Crippen molar-refractivity contribution in [3.05, 3.63) is 81.6 Å². The van der Waals surface area contributed by atoms with E-state index in [-0.39, 0.29) is 17.5 Å². The molecule has 3 aromatic rings. The number of carbonyl (C=O) groups is 2. The number of esters is 1. The molecular weight excluding hydrogens is 356 g/mol. The van der Waals surface area contributed by atoms with E-state index in [2.05, 4.69) is 16.4 Å². The lowest BCUT2D eigenvalue weighted by Gasteiger charge is -2.26. The second kappa shape index (κ2) is 7.68. The minimum absolute atomic E-state index is 0.0726. The molecule has 0 spiro atoms. The summed E-state index contributed by atoms with van der Waals surface area (Å²) in [5, 5.41) is 3.52. The molecule has 2 aromatic carbocycles. The molecule has 1 aromatic heterocycles. The predicted octanol–water partition coefficient (Wildman–Crippen LogP) is 2.88. The van der Waals surface area contributed by atoms with Gasteiger partial charge in [0.05, 0.1) is 11.6 Å². The number of ether oxygens (including phenoxy) is 1. The van der Waals surface area contributed by atoms with Crippen LogP contribution in [-0.4, -0.2) is 23.5 Å². The highest BCUT2D eigenvalue weighted by molar-refractivity contribution is 6.03. The van der Waals surface area contributed by atoms with Crippen LogP contribution >= 0.6 is 0 Å². The van der Waals surface area contributed by atoms with E-state index in [0.29, 0.717) is 10.9 Å². The molecule has 0 saturated carbocycles. The minimum Gasteiger partial charge on any atom is -0.452 e. The summed E-state index contributed by atoms with van der Waals surface area (Å²) in [4.78, 5) is 39.2. The van der Waals surface area contributed by atoms with E-state index in [1.54, 1.807) is 24.3 Å². The third-order valence-electron chi connectivity index (χ3n) is 5.01. The van der Waals surface area contributed by atoms with Gasteiger partial charge in [-0.1, -0.05) is 42.5 Å². The number of para-hydroxylation sites is 1. The zero-order chi connectivity index (χ0) is 19.5. The lowest BCUT2D eigenvalue weighted by atomic mass is 9.88. The van der Waals surface area contributed by atoms with Gasteiger partial charge in [-0.05, 0) is 36.5 Å². The maximum Gasteiger partial charge on any atom is 0.339 e. The number of rotatable bonds is 4. The lowest BCUT2D eigenvalue weighted by molar-refractivity contribution is -0.125. The number of benzene rings is 2. The van der Waals surface area contributed by atoms with Gasteiger partial charge < -0.3 is 15.0 Å². The average molecular weight is 376 g/mol. The van der Waals surface area contributed by atoms with E-state index >= 15 is 0 Å². The van der Waals surface area contributed by atoms with Crippen molar-refractivity contribution in [3.63, 3.8) is 0 Å². The second-order valence-corrected chi connectivity index (χ2v) is 6.88. The molecule has 142 valence electrons. The summed E-state index contributed by atoms with van der Waals surface area (Å²) in [7, 11) is 0. The summed E-state index contributed by atoms with van der Waals surface area (Å²) in [6.07, 6.45) is 2.86. The Morgan fingerprint density at radius 1 is 1.11 bits per heavy atom. The Bertz CT molecular complexity index is 1100. The lowest BCUT2D eigenvalue weighted by Crippen LogP contribution is -2.34. The highest BCUT2D eigenvalue weighted by atomic mass is 16.5. The number of H-pyrrole nitrogens is 1. The first-order chi connectivity index (χ1) is 13.6. The molecule has 0 aliphatic heterocycles. The fourth-order valence-electron chi connectivity index (χ4n) is 3.72. The molecule has 0 saturated heterocycles. The van der Waals surface area contributed by atoms with Crippen LogP contribution < -0.4 is 10.9 Å². The van der Waals surface area contributed by atoms with Gasteiger partial charge in [0.25, 0.3) is 5.91 Å².